The van der Waals surface area contributed by atoms with E-state index in [1.807, 2.05) is 6.92 Å². The Bertz CT molecular complexity index is 760. The van der Waals surface area contributed by atoms with Gasteiger partial charge in [0.15, 0.2) is 11.5 Å². The van der Waals surface area contributed by atoms with Crippen LogP contribution in [0.1, 0.15) is 39.2 Å². The van der Waals surface area contributed by atoms with Gasteiger partial charge in [0.05, 0.1) is 18.5 Å². The number of methoxy groups -OCH3 is 1. The van der Waals surface area contributed by atoms with Crippen molar-refractivity contribution in [3.63, 3.8) is 0 Å². The molecule has 0 aliphatic carbocycles. The second kappa shape index (κ2) is 9.97. The van der Waals surface area contributed by atoms with Crippen LogP contribution >= 0.6 is 0 Å². The van der Waals surface area contributed by atoms with Gasteiger partial charge in [0.1, 0.15) is 0 Å². The van der Waals surface area contributed by atoms with Gasteiger partial charge in [0, 0.05) is 26.2 Å². The number of rotatable bonds is 9. The van der Waals surface area contributed by atoms with Crippen LogP contribution in [0.15, 0.2) is 18.2 Å². The molecule has 1 heterocycles. The monoisotopic (exact) mass is 414 g/mol. The number of carbonyl (C=O) groups excluding carboxylic acids is 1. The molecule has 1 atom stereocenters. The lowest BCUT2D eigenvalue weighted by Gasteiger charge is -2.26. The topological polar surface area (TPSA) is 94.2 Å². The van der Waals surface area contributed by atoms with E-state index in [4.69, 9.17) is 13.7 Å². The van der Waals surface area contributed by atoms with Crippen molar-refractivity contribution in [2.45, 2.75) is 51.5 Å². The summed E-state index contributed by atoms with van der Waals surface area (Å²) in [5.41, 5.74) is 0.735. The van der Waals surface area contributed by atoms with Gasteiger partial charge in [-0.2, -0.15) is 8.42 Å². The Balaban J connectivity index is 2.23. The van der Waals surface area contributed by atoms with Crippen molar-refractivity contribution in [1.82, 2.24) is 10.2 Å². The van der Waals surface area contributed by atoms with Crippen LogP contribution in [0.2, 0.25) is 0 Å². The average Bonchev–Trinajstić information content (AvgIpc) is 3.14. The number of nitrogens with one attached hydrogen (secondary N) is 1. The lowest BCUT2D eigenvalue weighted by Crippen LogP contribution is -2.43. The van der Waals surface area contributed by atoms with Crippen LogP contribution in [0.5, 0.6) is 11.5 Å². The largest absolute Gasteiger partial charge is 0.493 e. The quantitative estimate of drug-likeness (QED) is 0.624. The van der Waals surface area contributed by atoms with E-state index < -0.39 is 15.4 Å². The zero-order valence-corrected chi connectivity index (χ0v) is 17.8. The summed E-state index contributed by atoms with van der Waals surface area (Å²) in [7, 11) is -2.32. The van der Waals surface area contributed by atoms with Crippen molar-refractivity contribution < 1.29 is 26.9 Å². The Labute approximate surface area is 167 Å². The molecule has 2 rings (SSSR count). The van der Waals surface area contributed by atoms with Gasteiger partial charge in [-0.05, 0) is 51.3 Å². The minimum Gasteiger partial charge on any atom is -0.493 e. The minimum absolute atomic E-state index is 0.0119. The van der Waals surface area contributed by atoms with Crippen molar-refractivity contribution in [2.24, 2.45) is 0 Å². The van der Waals surface area contributed by atoms with Crippen molar-refractivity contribution in [3.8, 4) is 11.5 Å². The second-order valence-electron chi connectivity index (χ2n) is 6.96. The van der Waals surface area contributed by atoms with Gasteiger partial charge < -0.3 is 23.9 Å². The van der Waals surface area contributed by atoms with Gasteiger partial charge in [-0.1, -0.05) is 6.07 Å². The van der Waals surface area contributed by atoms with Crippen molar-refractivity contribution in [1.29, 1.82) is 0 Å². The van der Waals surface area contributed by atoms with Crippen LogP contribution in [0.3, 0.4) is 0 Å². The van der Waals surface area contributed by atoms with Crippen LogP contribution in [0, 0.1) is 0 Å². The molecule has 0 radical (unpaired) electrons. The summed E-state index contributed by atoms with van der Waals surface area (Å²) in [5, 5.41) is 2.12. The first-order valence-electron chi connectivity index (χ1n) is 9.51. The van der Waals surface area contributed by atoms with E-state index in [9.17, 15) is 13.2 Å². The number of carbonyl (C=O) groups is 1. The average molecular weight is 415 g/mol. The van der Waals surface area contributed by atoms with Crippen molar-refractivity contribution >= 4 is 16.1 Å². The molecule has 1 aliphatic rings. The van der Waals surface area contributed by atoms with E-state index in [1.54, 1.807) is 36.9 Å². The molecule has 1 N–H and O–H groups in total. The lowest BCUT2D eigenvalue weighted by molar-refractivity contribution is 0.0795. The maximum Gasteiger partial charge on any atom is 0.317 e. The molecule has 1 saturated heterocycles. The van der Waals surface area contributed by atoms with E-state index in [-0.39, 0.29) is 17.9 Å². The SMILES string of the molecule is CCNC(=O)N(Cc1ccc(OC)c(OS(=O)(=O)C(C)C)c1)C[C@@H]1CCCO1. The van der Waals surface area contributed by atoms with Crippen LogP contribution < -0.4 is 14.2 Å². The Morgan fingerprint density at radius 2 is 2.11 bits per heavy atom. The smallest absolute Gasteiger partial charge is 0.317 e. The molecule has 9 heteroatoms. The molecular weight excluding hydrogens is 384 g/mol. The predicted octanol–water partition coefficient (Wildman–Crippen LogP) is 2.52. The summed E-state index contributed by atoms with van der Waals surface area (Å²) in [6.07, 6.45) is 1.92. The molecule has 1 fully saturated rings. The molecule has 2 amide bonds. The van der Waals surface area contributed by atoms with Crippen molar-refractivity contribution in [2.75, 3.05) is 26.8 Å². The van der Waals surface area contributed by atoms with E-state index in [0.29, 0.717) is 32.0 Å². The molecule has 1 aromatic rings. The first-order valence-corrected chi connectivity index (χ1v) is 11.0. The fraction of sp³-hybridized carbons (Fsp3) is 0.632. The summed E-state index contributed by atoms with van der Waals surface area (Å²) in [5.74, 6) is 0.429. The van der Waals surface area contributed by atoms with Gasteiger partial charge in [0.2, 0.25) is 0 Å². The number of hydrogen-bond donors (Lipinski definition) is 1. The Morgan fingerprint density at radius 1 is 1.36 bits per heavy atom. The number of ether oxygens (including phenoxy) is 2. The fourth-order valence-corrected chi connectivity index (χ4v) is 3.42. The van der Waals surface area contributed by atoms with Gasteiger partial charge in [-0.3, -0.25) is 0 Å². The van der Waals surface area contributed by atoms with Crippen LogP contribution in [-0.4, -0.2) is 57.5 Å². The first-order chi connectivity index (χ1) is 13.3. The molecular formula is C19H30N2O6S. The Kier molecular flexibility index (Phi) is 7.94. The summed E-state index contributed by atoms with van der Waals surface area (Å²) < 4.78 is 40.4. The maximum atomic E-state index is 12.5. The van der Waals surface area contributed by atoms with E-state index >= 15 is 0 Å². The standard InChI is InChI=1S/C19H30N2O6S/c1-5-20-19(22)21(13-16-7-6-10-26-16)12-15-8-9-17(25-4)18(11-15)27-28(23,24)14(2)3/h8-9,11,14,16H,5-7,10,12-13H2,1-4H3,(H,20,22)/t16-/m0/s1. The maximum absolute atomic E-state index is 12.5. The molecule has 0 aromatic heterocycles. The van der Waals surface area contributed by atoms with E-state index in [2.05, 4.69) is 5.32 Å². The van der Waals surface area contributed by atoms with Crippen LogP contribution in [-0.2, 0) is 21.4 Å². The number of nitrogens with zero attached hydrogens (tertiary/aromatic N) is 1. The zero-order chi connectivity index (χ0) is 20.7. The van der Waals surface area contributed by atoms with Gasteiger partial charge in [-0.25, -0.2) is 4.79 Å². The molecule has 28 heavy (non-hydrogen) atoms. The third-order valence-corrected chi connectivity index (χ3v) is 6.01. The number of urea groups is 1. The normalized spacial score (nSPS) is 16.8. The molecule has 0 unspecified atom stereocenters. The summed E-state index contributed by atoms with van der Waals surface area (Å²) in [6, 6.07) is 4.84. The molecule has 158 valence electrons. The summed E-state index contributed by atoms with van der Waals surface area (Å²) in [4.78, 5) is 14.1. The second-order valence-corrected chi connectivity index (χ2v) is 9.06. The fourth-order valence-electron chi connectivity index (χ4n) is 2.84. The molecule has 0 saturated carbocycles. The number of benzene rings is 1. The Morgan fingerprint density at radius 3 is 2.68 bits per heavy atom. The molecule has 1 aromatic carbocycles. The third-order valence-electron chi connectivity index (χ3n) is 4.45. The minimum atomic E-state index is -3.77. The lowest BCUT2D eigenvalue weighted by atomic mass is 10.1. The van der Waals surface area contributed by atoms with Gasteiger partial charge in [-0.15, -0.1) is 0 Å². The van der Waals surface area contributed by atoms with Gasteiger partial charge in [0.25, 0.3) is 0 Å². The number of hydrogen-bond acceptors (Lipinski definition) is 6. The highest BCUT2D eigenvalue weighted by Gasteiger charge is 2.24. The van der Waals surface area contributed by atoms with E-state index in [1.165, 1.54) is 7.11 Å². The summed E-state index contributed by atoms with van der Waals surface area (Å²) in [6.45, 7) is 6.95. The predicted molar refractivity (Wildman–Crippen MR) is 106 cm³/mol. The molecule has 1 aliphatic heterocycles. The third kappa shape index (κ3) is 6.00. The van der Waals surface area contributed by atoms with E-state index in [0.717, 1.165) is 18.4 Å². The highest BCUT2D eigenvalue weighted by molar-refractivity contribution is 7.87. The summed E-state index contributed by atoms with van der Waals surface area (Å²) >= 11 is 0. The highest BCUT2D eigenvalue weighted by atomic mass is 32.2. The van der Waals surface area contributed by atoms with Crippen LogP contribution in [0.25, 0.3) is 0 Å². The highest BCUT2D eigenvalue weighted by Crippen LogP contribution is 2.30. The first kappa shape index (κ1) is 22.3. The van der Waals surface area contributed by atoms with Gasteiger partial charge >= 0.3 is 16.1 Å². The molecule has 0 bridgehead atoms. The number of amides is 2. The zero-order valence-electron chi connectivity index (χ0n) is 16.9. The van der Waals surface area contributed by atoms with Crippen molar-refractivity contribution in [3.05, 3.63) is 23.8 Å². The molecule has 8 nitrogen and oxygen atoms in total. The molecule has 0 spiro atoms. The Hall–Kier alpha value is -2.00. The van der Waals surface area contributed by atoms with Crippen LogP contribution in [0.4, 0.5) is 4.79 Å².